The Balaban J connectivity index is 1.72. The number of aromatic nitrogens is 1. The second-order valence-corrected chi connectivity index (χ2v) is 6.30. The summed E-state index contributed by atoms with van der Waals surface area (Å²) in [4.78, 5) is 27.8. The lowest BCUT2D eigenvalue weighted by Gasteiger charge is -2.30. The zero-order chi connectivity index (χ0) is 17.8. The molecule has 0 aliphatic heterocycles. The molecule has 0 radical (unpaired) electrons. The third-order valence-corrected chi connectivity index (χ3v) is 4.61. The number of carbonyl (C=O) groups excluding carboxylic acids is 2. The lowest BCUT2D eigenvalue weighted by atomic mass is 9.83. The number of nitrogens with one attached hydrogen (secondary N) is 3. The molecule has 2 amide bonds. The van der Waals surface area contributed by atoms with Gasteiger partial charge in [0.2, 0.25) is 5.91 Å². The third kappa shape index (κ3) is 3.74. The number of hydrogen-bond acceptors (Lipinski definition) is 4. The number of aromatic hydroxyl groups is 1. The molecule has 1 fully saturated rings. The fourth-order valence-electron chi connectivity index (χ4n) is 3.36. The minimum Gasteiger partial charge on any atom is -0.508 e. The van der Waals surface area contributed by atoms with Crippen LogP contribution in [0.2, 0.25) is 0 Å². The van der Waals surface area contributed by atoms with Gasteiger partial charge in [0.05, 0.1) is 12.0 Å². The summed E-state index contributed by atoms with van der Waals surface area (Å²) in [6.45, 7) is -0.0263. The zero-order valence-electron chi connectivity index (χ0n) is 13.7. The number of amides is 2. The molecule has 3 rings (SSSR count). The molecule has 0 bridgehead atoms. The predicted octanol–water partition coefficient (Wildman–Crippen LogP) is 1.80. The maximum Gasteiger partial charge on any atom is 0.267 e. The van der Waals surface area contributed by atoms with Crippen LogP contribution in [0.25, 0.3) is 10.9 Å². The van der Waals surface area contributed by atoms with Gasteiger partial charge >= 0.3 is 0 Å². The van der Waals surface area contributed by atoms with Gasteiger partial charge in [-0.15, -0.1) is 0 Å². The quantitative estimate of drug-likeness (QED) is 0.635. The van der Waals surface area contributed by atoms with Crippen molar-refractivity contribution in [2.24, 2.45) is 5.92 Å². The van der Waals surface area contributed by atoms with E-state index in [1.54, 1.807) is 24.3 Å². The Morgan fingerprint density at radius 2 is 2.08 bits per heavy atom. The number of fused-ring (bicyclic) bond motifs is 1. The standard InChI is InChI=1S/C18H20N4O3/c19-7-8-20-17(24)13-3-1-2-4-14(13)22-18(25)16-9-11-5-6-12(23)10-15(11)21-16/h5-6,9-10,13-14,21,23H,1-4,8H2,(H,20,24)(H,22,25). The van der Waals surface area contributed by atoms with Crippen LogP contribution in [0.3, 0.4) is 0 Å². The normalized spacial score (nSPS) is 20.0. The van der Waals surface area contributed by atoms with Crippen molar-refractivity contribution in [1.82, 2.24) is 15.6 Å². The van der Waals surface area contributed by atoms with E-state index < -0.39 is 0 Å². The molecule has 1 aromatic carbocycles. The van der Waals surface area contributed by atoms with Crippen LogP contribution in [0.4, 0.5) is 0 Å². The average molecular weight is 340 g/mol. The smallest absolute Gasteiger partial charge is 0.267 e. The van der Waals surface area contributed by atoms with Gasteiger partial charge < -0.3 is 20.7 Å². The van der Waals surface area contributed by atoms with Gasteiger partial charge in [-0.1, -0.05) is 12.8 Å². The van der Waals surface area contributed by atoms with Gasteiger partial charge in [-0.05, 0) is 31.0 Å². The van der Waals surface area contributed by atoms with Crippen molar-refractivity contribution < 1.29 is 14.7 Å². The average Bonchev–Trinajstić information content (AvgIpc) is 3.03. The first-order valence-electron chi connectivity index (χ1n) is 8.36. The van der Waals surface area contributed by atoms with Crippen molar-refractivity contribution in [1.29, 1.82) is 5.26 Å². The Kier molecular flexibility index (Phi) is 4.89. The highest BCUT2D eigenvalue weighted by Gasteiger charge is 2.32. The summed E-state index contributed by atoms with van der Waals surface area (Å²) in [7, 11) is 0. The van der Waals surface area contributed by atoms with Crippen molar-refractivity contribution in [2.45, 2.75) is 31.7 Å². The minimum atomic E-state index is -0.320. The Hall–Kier alpha value is -3.01. The fraction of sp³-hybridized carbons (Fsp3) is 0.389. The number of nitriles is 1. The van der Waals surface area contributed by atoms with Gasteiger partial charge in [-0.2, -0.15) is 5.26 Å². The maximum atomic E-state index is 12.6. The molecule has 1 aliphatic carbocycles. The number of hydrogen-bond donors (Lipinski definition) is 4. The summed E-state index contributed by atoms with van der Waals surface area (Å²) in [5.74, 6) is -0.656. The lowest BCUT2D eigenvalue weighted by molar-refractivity contribution is -0.126. The number of nitrogens with zero attached hydrogens (tertiary/aromatic N) is 1. The molecule has 1 aromatic heterocycles. The number of rotatable bonds is 4. The van der Waals surface area contributed by atoms with E-state index in [1.165, 1.54) is 0 Å². The topological polar surface area (TPSA) is 118 Å². The van der Waals surface area contributed by atoms with Crippen molar-refractivity contribution in [3.63, 3.8) is 0 Å². The summed E-state index contributed by atoms with van der Waals surface area (Å²) in [5.41, 5.74) is 1.07. The number of carbonyl (C=O) groups is 2. The lowest BCUT2D eigenvalue weighted by Crippen LogP contribution is -2.48. The minimum absolute atomic E-state index is 0.0263. The monoisotopic (exact) mass is 340 g/mol. The second-order valence-electron chi connectivity index (χ2n) is 6.30. The first-order chi connectivity index (χ1) is 12.1. The van der Waals surface area contributed by atoms with Crippen molar-refractivity contribution in [3.05, 3.63) is 30.0 Å². The van der Waals surface area contributed by atoms with E-state index in [0.717, 1.165) is 24.6 Å². The highest BCUT2D eigenvalue weighted by Crippen LogP contribution is 2.26. The molecule has 2 aromatic rings. The summed E-state index contributed by atoms with van der Waals surface area (Å²) in [5, 5.41) is 24.5. The summed E-state index contributed by atoms with van der Waals surface area (Å²) < 4.78 is 0. The highest BCUT2D eigenvalue weighted by atomic mass is 16.3. The van der Waals surface area contributed by atoms with Crippen LogP contribution in [-0.4, -0.2) is 34.5 Å². The molecular formula is C18H20N4O3. The van der Waals surface area contributed by atoms with Crippen molar-refractivity contribution >= 4 is 22.7 Å². The summed E-state index contributed by atoms with van der Waals surface area (Å²) in [6.07, 6.45) is 3.32. The predicted molar refractivity (Wildman–Crippen MR) is 91.8 cm³/mol. The van der Waals surface area contributed by atoms with E-state index in [-0.39, 0.29) is 36.1 Å². The van der Waals surface area contributed by atoms with Gasteiger partial charge in [0.15, 0.2) is 0 Å². The SMILES string of the molecule is N#CCNC(=O)C1CCCCC1NC(=O)c1cc2ccc(O)cc2[nH]1. The molecule has 4 N–H and O–H groups in total. The molecular weight excluding hydrogens is 320 g/mol. The first-order valence-corrected chi connectivity index (χ1v) is 8.36. The van der Waals surface area contributed by atoms with Crippen LogP contribution in [0, 0.1) is 17.2 Å². The van der Waals surface area contributed by atoms with Crippen LogP contribution in [0.15, 0.2) is 24.3 Å². The fourth-order valence-corrected chi connectivity index (χ4v) is 3.36. The summed E-state index contributed by atoms with van der Waals surface area (Å²) >= 11 is 0. The van der Waals surface area contributed by atoms with Crippen molar-refractivity contribution in [3.8, 4) is 11.8 Å². The van der Waals surface area contributed by atoms with E-state index in [1.807, 2.05) is 6.07 Å². The number of phenolic OH excluding ortho intramolecular Hbond substituents is 1. The Bertz CT molecular complexity index is 836. The second kappa shape index (κ2) is 7.26. The molecule has 2 unspecified atom stereocenters. The van der Waals surface area contributed by atoms with E-state index in [4.69, 9.17) is 5.26 Å². The molecule has 1 heterocycles. The molecule has 25 heavy (non-hydrogen) atoms. The molecule has 1 saturated carbocycles. The molecule has 0 saturated heterocycles. The van der Waals surface area contributed by atoms with Crippen LogP contribution in [0.5, 0.6) is 5.75 Å². The molecule has 2 atom stereocenters. The Morgan fingerprint density at radius 1 is 1.28 bits per heavy atom. The number of benzene rings is 1. The third-order valence-electron chi connectivity index (χ3n) is 4.61. The molecule has 1 aliphatic rings. The number of aromatic amines is 1. The van der Waals surface area contributed by atoms with E-state index in [0.29, 0.717) is 17.6 Å². The molecule has 130 valence electrons. The zero-order valence-corrected chi connectivity index (χ0v) is 13.7. The van der Waals surface area contributed by atoms with Gasteiger partial charge in [-0.3, -0.25) is 9.59 Å². The van der Waals surface area contributed by atoms with E-state index >= 15 is 0 Å². The van der Waals surface area contributed by atoms with Crippen LogP contribution in [-0.2, 0) is 4.79 Å². The van der Waals surface area contributed by atoms with Crippen molar-refractivity contribution in [2.75, 3.05) is 6.54 Å². The van der Waals surface area contributed by atoms with Gasteiger partial charge in [-0.25, -0.2) is 0 Å². The highest BCUT2D eigenvalue weighted by molar-refractivity contribution is 5.98. The molecule has 7 nitrogen and oxygen atoms in total. The Morgan fingerprint density at radius 3 is 2.88 bits per heavy atom. The summed E-state index contributed by atoms with van der Waals surface area (Å²) in [6, 6.07) is 8.22. The number of H-pyrrole nitrogens is 1. The maximum absolute atomic E-state index is 12.6. The van der Waals surface area contributed by atoms with Gasteiger partial charge in [0, 0.05) is 23.0 Å². The Labute approximate surface area is 145 Å². The van der Waals surface area contributed by atoms with E-state index in [9.17, 15) is 14.7 Å². The van der Waals surface area contributed by atoms with Crippen LogP contribution >= 0.6 is 0 Å². The van der Waals surface area contributed by atoms with E-state index in [2.05, 4.69) is 15.6 Å². The largest absolute Gasteiger partial charge is 0.508 e. The first kappa shape index (κ1) is 16.8. The molecule has 7 heteroatoms. The van der Waals surface area contributed by atoms with Crippen LogP contribution < -0.4 is 10.6 Å². The van der Waals surface area contributed by atoms with Gasteiger partial charge in [0.25, 0.3) is 5.91 Å². The van der Waals surface area contributed by atoms with Crippen LogP contribution in [0.1, 0.15) is 36.2 Å². The van der Waals surface area contributed by atoms with Gasteiger partial charge in [0.1, 0.15) is 18.0 Å². The number of phenols is 1. The molecule has 0 spiro atoms.